The van der Waals surface area contributed by atoms with Gasteiger partial charge in [-0.3, -0.25) is 4.79 Å². The monoisotopic (exact) mass is 233 g/mol. The number of aryl methyl sites for hydroxylation is 2. The highest BCUT2D eigenvalue weighted by Crippen LogP contribution is 2.10. The number of hydrogen-bond acceptors (Lipinski definition) is 2. The fraction of sp³-hybridized carbons (Fsp3) is 0.357. The predicted molar refractivity (Wildman–Crippen MR) is 69.6 cm³/mol. The van der Waals surface area contributed by atoms with Gasteiger partial charge in [-0.2, -0.15) is 0 Å². The van der Waals surface area contributed by atoms with Crippen molar-refractivity contribution in [1.29, 1.82) is 0 Å². The average molecular weight is 233 g/mol. The molecule has 0 heterocycles. The summed E-state index contributed by atoms with van der Waals surface area (Å²) in [6.07, 6.45) is 3.26. The molecule has 0 spiro atoms. The lowest BCUT2D eigenvalue weighted by atomic mass is 10.1. The van der Waals surface area contributed by atoms with Crippen LogP contribution in [0.25, 0.3) is 6.08 Å². The normalized spacial score (nSPS) is 12.7. The Morgan fingerprint density at radius 3 is 2.47 bits per heavy atom. The third kappa shape index (κ3) is 4.83. The lowest BCUT2D eigenvalue weighted by molar-refractivity contribution is -0.117. The number of nitrogens with one attached hydrogen (secondary N) is 1. The molecule has 0 aliphatic rings. The van der Waals surface area contributed by atoms with Gasteiger partial charge >= 0.3 is 0 Å². The largest absolute Gasteiger partial charge is 0.394 e. The maximum absolute atomic E-state index is 11.4. The molecular formula is C14H19NO2. The first-order valence-electron chi connectivity index (χ1n) is 5.69. The smallest absolute Gasteiger partial charge is 0.244 e. The second-order valence-electron chi connectivity index (χ2n) is 4.35. The SMILES string of the molecule is Cc1cc(C)cc(/C=C/C(=O)NC(C)CO)c1. The molecule has 0 saturated carbocycles. The molecule has 1 aromatic carbocycles. The van der Waals surface area contributed by atoms with Crippen LogP contribution in [-0.4, -0.2) is 23.7 Å². The van der Waals surface area contributed by atoms with Gasteiger partial charge in [0.1, 0.15) is 0 Å². The summed E-state index contributed by atoms with van der Waals surface area (Å²) < 4.78 is 0. The molecular weight excluding hydrogens is 214 g/mol. The Balaban J connectivity index is 2.67. The van der Waals surface area contributed by atoms with Gasteiger partial charge in [-0.1, -0.05) is 29.3 Å². The summed E-state index contributed by atoms with van der Waals surface area (Å²) in [7, 11) is 0. The molecule has 1 amide bonds. The van der Waals surface area contributed by atoms with Gasteiger partial charge in [0.15, 0.2) is 0 Å². The van der Waals surface area contributed by atoms with E-state index in [1.165, 1.54) is 17.2 Å². The molecule has 3 nitrogen and oxygen atoms in total. The summed E-state index contributed by atoms with van der Waals surface area (Å²) >= 11 is 0. The summed E-state index contributed by atoms with van der Waals surface area (Å²) in [4.78, 5) is 11.4. The van der Waals surface area contributed by atoms with Crippen LogP contribution in [0, 0.1) is 13.8 Å². The fourth-order valence-corrected chi connectivity index (χ4v) is 1.61. The van der Waals surface area contributed by atoms with Gasteiger partial charge in [0, 0.05) is 12.1 Å². The molecule has 1 unspecified atom stereocenters. The molecule has 17 heavy (non-hydrogen) atoms. The van der Waals surface area contributed by atoms with Crippen molar-refractivity contribution in [3.8, 4) is 0 Å². The van der Waals surface area contributed by atoms with Gasteiger partial charge in [0.2, 0.25) is 5.91 Å². The third-order valence-electron chi connectivity index (χ3n) is 2.33. The molecule has 3 heteroatoms. The number of hydrogen-bond donors (Lipinski definition) is 2. The lowest BCUT2D eigenvalue weighted by Crippen LogP contribution is -2.33. The van der Waals surface area contributed by atoms with Crippen LogP contribution in [0.15, 0.2) is 24.3 Å². The Morgan fingerprint density at radius 2 is 1.94 bits per heavy atom. The van der Waals surface area contributed by atoms with E-state index in [0.717, 1.165) is 5.56 Å². The number of rotatable bonds is 4. The predicted octanol–water partition coefficient (Wildman–Crippen LogP) is 1.81. The molecule has 0 bridgehead atoms. The number of aliphatic hydroxyl groups excluding tert-OH is 1. The molecule has 0 fully saturated rings. The first-order valence-corrected chi connectivity index (χ1v) is 5.69. The Labute approximate surface area is 102 Å². The summed E-state index contributed by atoms with van der Waals surface area (Å²) in [6.45, 7) is 5.75. The van der Waals surface area contributed by atoms with E-state index in [0.29, 0.717) is 0 Å². The summed E-state index contributed by atoms with van der Waals surface area (Å²) in [6, 6.07) is 5.91. The Hall–Kier alpha value is -1.61. The van der Waals surface area contributed by atoms with Crippen LogP contribution in [0.1, 0.15) is 23.6 Å². The van der Waals surface area contributed by atoms with E-state index in [4.69, 9.17) is 5.11 Å². The second-order valence-corrected chi connectivity index (χ2v) is 4.35. The average Bonchev–Trinajstić information content (AvgIpc) is 2.25. The minimum absolute atomic E-state index is 0.0524. The summed E-state index contributed by atoms with van der Waals surface area (Å²) in [5.41, 5.74) is 3.36. The maximum Gasteiger partial charge on any atom is 0.244 e. The van der Waals surface area contributed by atoms with Crippen molar-refractivity contribution in [2.24, 2.45) is 0 Å². The number of carbonyl (C=O) groups is 1. The van der Waals surface area contributed by atoms with E-state index >= 15 is 0 Å². The highest BCUT2D eigenvalue weighted by Gasteiger charge is 2.01. The first-order chi connectivity index (χ1) is 8.01. The number of amides is 1. The Kier molecular flexibility index (Phi) is 4.91. The first kappa shape index (κ1) is 13.5. The quantitative estimate of drug-likeness (QED) is 0.779. The third-order valence-corrected chi connectivity index (χ3v) is 2.33. The zero-order valence-corrected chi connectivity index (χ0v) is 10.5. The van der Waals surface area contributed by atoms with Crippen LogP contribution >= 0.6 is 0 Å². The highest BCUT2D eigenvalue weighted by molar-refractivity contribution is 5.91. The van der Waals surface area contributed by atoms with Crippen LogP contribution in [0.5, 0.6) is 0 Å². The molecule has 1 rings (SSSR count). The molecule has 0 saturated heterocycles. The molecule has 0 aliphatic heterocycles. The van der Waals surface area contributed by atoms with E-state index in [2.05, 4.69) is 11.4 Å². The van der Waals surface area contributed by atoms with E-state index in [9.17, 15) is 4.79 Å². The molecule has 2 N–H and O–H groups in total. The fourth-order valence-electron chi connectivity index (χ4n) is 1.61. The summed E-state index contributed by atoms with van der Waals surface area (Å²) in [5, 5.41) is 11.5. The minimum atomic E-state index is -0.216. The van der Waals surface area contributed by atoms with Gasteiger partial charge in [-0.05, 0) is 32.4 Å². The molecule has 0 aliphatic carbocycles. The minimum Gasteiger partial charge on any atom is -0.394 e. The lowest BCUT2D eigenvalue weighted by Gasteiger charge is -2.07. The van der Waals surface area contributed by atoms with Crippen LogP contribution < -0.4 is 5.32 Å². The molecule has 0 radical (unpaired) electrons. The van der Waals surface area contributed by atoms with Crippen LogP contribution in [0.3, 0.4) is 0 Å². The number of carbonyl (C=O) groups excluding carboxylic acids is 1. The van der Waals surface area contributed by atoms with Crippen molar-refractivity contribution >= 4 is 12.0 Å². The number of aliphatic hydroxyl groups is 1. The molecule has 1 atom stereocenters. The highest BCUT2D eigenvalue weighted by atomic mass is 16.3. The van der Waals surface area contributed by atoms with E-state index < -0.39 is 0 Å². The summed E-state index contributed by atoms with van der Waals surface area (Å²) in [5.74, 6) is -0.189. The van der Waals surface area contributed by atoms with Crippen molar-refractivity contribution < 1.29 is 9.90 Å². The van der Waals surface area contributed by atoms with Gasteiger partial charge in [0.05, 0.1) is 6.61 Å². The zero-order valence-electron chi connectivity index (χ0n) is 10.5. The van der Waals surface area contributed by atoms with E-state index in [-0.39, 0.29) is 18.6 Å². The van der Waals surface area contributed by atoms with Crippen molar-refractivity contribution in [2.45, 2.75) is 26.8 Å². The van der Waals surface area contributed by atoms with E-state index in [1.54, 1.807) is 13.0 Å². The maximum atomic E-state index is 11.4. The van der Waals surface area contributed by atoms with Crippen LogP contribution in [-0.2, 0) is 4.79 Å². The van der Waals surface area contributed by atoms with Crippen molar-refractivity contribution in [1.82, 2.24) is 5.32 Å². The number of benzene rings is 1. The van der Waals surface area contributed by atoms with E-state index in [1.807, 2.05) is 26.0 Å². The van der Waals surface area contributed by atoms with Gasteiger partial charge in [-0.15, -0.1) is 0 Å². The molecule has 0 aromatic heterocycles. The Bertz CT molecular complexity index is 404. The van der Waals surface area contributed by atoms with Gasteiger partial charge in [-0.25, -0.2) is 0 Å². The van der Waals surface area contributed by atoms with Crippen LogP contribution in [0.4, 0.5) is 0 Å². The Morgan fingerprint density at radius 1 is 1.35 bits per heavy atom. The molecule has 1 aromatic rings. The van der Waals surface area contributed by atoms with Gasteiger partial charge < -0.3 is 10.4 Å². The van der Waals surface area contributed by atoms with Crippen molar-refractivity contribution in [3.05, 3.63) is 41.0 Å². The topological polar surface area (TPSA) is 49.3 Å². The zero-order chi connectivity index (χ0) is 12.8. The van der Waals surface area contributed by atoms with Crippen molar-refractivity contribution in [2.75, 3.05) is 6.61 Å². The van der Waals surface area contributed by atoms with Gasteiger partial charge in [0.25, 0.3) is 0 Å². The standard InChI is InChI=1S/C14H19NO2/c1-10-6-11(2)8-13(7-10)4-5-14(17)15-12(3)9-16/h4-8,12,16H,9H2,1-3H3,(H,15,17)/b5-4+. The molecule has 92 valence electrons. The van der Waals surface area contributed by atoms with Crippen LogP contribution in [0.2, 0.25) is 0 Å². The van der Waals surface area contributed by atoms with Crippen molar-refractivity contribution in [3.63, 3.8) is 0 Å². The second kappa shape index (κ2) is 6.21.